The second-order valence-corrected chi connectivity index (χ2v) is 5.40. The van der Waals surface area contributed by atoms with E-state index in [1.807, 2.05) is 30.9 Å². The van der Waals surface area contributed by atoms with Gasteiger partial charge in [0.2, 0.25) is 5.89 Å². The van der Waals surface area contributed by atoms with Gasteiger partial charge in [-0.1, -0.05) is 11.2 Å². The van der Waals surface area contributed by atoms with Crippen LogP contribution in [-0.2, 0) is 0 Å². The number of piperazine rings is 1. The van der Waals surface area contributed by atoms with Crippen molar-refractivity contribution in [2.24, 2.45) is 0 Å². The van der Waals surface area contributed by atoms with E-state index in [9.17, 15) is 4.79 Å². The lowest BCUT2D eigenvalue weighted by Gasteiger charge is -2.36. The van der Waals surface area contributed by atoms with Crippen LogP contribution in [-0.4, -0.2) is 57.0 Å². The molecule has 116 valence electrons. The summed E-state index contributed by atoms with van der Waals surface area (Å²) in [4.78, 5) is 24.8. The highest BCUT2D eigenvalue weighted by molar-refractivity contribution is 5.92. The van der Waals surface area contributed by atoms with Gasteiger partial charge in [0.25, 0.3) is 5.91 Å². The molecule has 0 aliphatic carbocycles. The molecule has 2 aromatic rings. The molecule has 22 heavy (non-hydrogen) atoms. The molecule has 3 rings (SSSR count). The number of nitrogens with zero attached hydrogens (tertiary/aromatic N) is 5. The van der Waals surface area contributed by atoms with E-state index in [0.29, 0.717) is 30.5 Å². The van der Waals surface area contributed by atoms with Gasteiger partial charge >= 0.3 is 0 Å². The van der Waals surface area contributed by atoms with Crippen molar-refractivity contribution in [3.63, 3.8) is 0 Å². The molecule has 1 aliphatic rings. The molecule has 1 fully saturated rings. The predicted octanol–water partition coefficient (Wildman–Crippen LogP) is 1.29. The molecule has 1 saturated heterocycles. The third kappa shape index (κ3) is 2.99. The van der Waals surface area contributed by atoms with Crippen LogP contribution in [0.5, 0.6) is 0 Å². The average Bonchev–Trinajstić information content (AvgIpc) is 3.01. The lowest BCUT2D eigenvalue weighted by atomic mass is 10.2. The van der Waals surface area contributed by atoms with E-state index in [1.165, 1.54) is 0 Å². The van der Waals surface area contributed by atoms with Crippen LogP contribution in [0.2, 0.25) is 0 Å². The lowest BCUT2D eigenvalue weighted by Crippen LogP contribution is -2.49. The van der Waals surface area contributed by atoms with E-state index in [1.54, 1.807) is 12.3 Å². The van der Waals surface area contributed by atoms with Crippen LogP contribution in [0.3, 0.4) is 0 Å². The van der Waals surface area contributed by atoms with Crippen molar-refractivity contribution in [3.8, 4) is 0 Å². The first-order chi connectivity index (χ1) is 10.6. The zero-order chi connectivity index (χ0) is 15.5. The molecule has 0 saturated carbocycles. The Balaban J connectivity index is 1.59. The maximum atomic E-state index is 12.4. The van der Waals surface area contributed by atoms with Crippen LogP contribution in [0.4, 0.5) is 0 Å². The summed E-state index contributed by atoms with van der Waals surface area (Å²) < 4.78 is 5.23. The Bertz CT molecular complexity index is 634. The van der Waals surface area contributed by atoms with E-state index in [2.05, 4.69) is 20.0 Å². The molecular weight excluding hydrogens is 282 g/mol. The van der Waals surface area contributed by atoms with Gasteiger partial charge in [-0.2, -0.15) is 4.98 Å². The van der Waals surface area contributed by atoms with E-state index in [0.717, 1.165) is 13.1 Å². The fourth-order valence-corrected chi connectivity index (χ4v) is 2.60. The summed E-state index contributed by atoms with van der Waals surface area (Å²) in [5.74, 6) is 1.26. The van der Waals surface area contributed by atoms with Crippen molar-refractivity contribution in [2.75, 3.05) is 26.2 Å². The van der Waals surface area contributed by atoms with Gasteiger partial charge in [0.05, 0.1) is 6.04 Å². The van der Waals surface area contributed by atoms with Gasteiger partial charge in [-0.3, -0.25) is 14.7 Å². The number of aromatic nitrogens is 3. The smallest absolute Gasteiger partial charge is 0.272 e. The van der Waals surface area contributed by atoms with Gasteiger partial charge in [-0.25, -0.2) is 0 Å². The van der Waals surface area contributed by atoms with Crippen molar-refractivity contribution in [1.82, 2.24) is 24.9 Å². The van der Waals surface area contributed by atoms with Crippen molar-refractivity contribution in [1.29, 1.82) is 0 Å². The van der Waals surface area contributed by atoms with Gasteiger partial charge < -0.3 is 9.42 Å². The molecule has 1 atom stereocenters. The largest absolute Gasteiger partial charge is 0.338 e. The van der Waals surface area contributed by atoms with Gasteiger partial charge in [0, 0.05) is 32.4 Å². The second kappa shape index (κ2) is 6.23. The van der Waals surface area contributed by atoms with Crippen LogP contribution in [0.1, 0.15) is 35.2 Å². The van der Waals surface area contributed by atoms with Crippen molar-refractivity contribution in [2.45, 2.75) is 19.9 Å². The highest BCUT2D eigenvalue weighted by Crippen LogP contribution is 2.20. The third-order valence-electron chi connectivity index (χ3n) is 3.93. The Labute approximate surface area is 128 Å². The normalized spacial score (nSPS) is 17.5. The van der Waals surface area contributed by atoms with Crippen LogP contribution >= 0.6 is 0 Å². The van der Waals surface area contributed by atoms with E-state index in [4.69, 9.17) is 4.52 Å². The summed E-state index contributed by atoms with van der Waals surface area (Å²) in [6, 6.07) is 5.45. The molecule has 0 N–H and O–H groups in total. The molecule has 0 unspecified atom stereocenters. The molecular formula is C15H19N5O2. The first kappa shape index (κ1) is 14.6. The Morgan fingerprint density at radius 2 is 2.05 bits per heavy atom. The standard InChI is InChI=1S/C15H19N5O2/c1-11(14-17-12(2)18-22-14)19-7-9-20(10-8-19)15(21)13-5-3-4-6-16-13/h3-6,11H,7-10H2,1-2H3/t11-/m0/s1. The Morgan fingerprint density at radius 3 is 2.64 bits per heavy atom. The highest BCUT2D eigenvalue weighted by atomic mass is 16.5. The van der Waals surface area contributed by atoms with Crippen LogP contribution in [0.15, 0.2) is 28.9 Å². The van der Waals surface area contributed by atoms with Crippen LogP contribution < -0.4 is 0 Å². The molecule has 0 aromatic carbocycles. The molecule has 1 aliphatic heterocycles. The van der Waals surface area contributed by atoms with Crippen LogP contribution in [0.25, 0.3) is 0 Å². The van der Waals surface area contributed by atoms with Gasteiger partial charge in [-0.05, 0) is 26.0 Å². The minimum atomic E-state index is -0.0125. The summed E-state index contributed by atoms with van der Waals surface area (Å²) in [5.41, 5.74) is 0.497. The number of carbonyl (C=O) groups excluding carboxylic acids is 1. The highest BCUT2D eigenvalue weighted by Gasteiger charge is 2.28. The molecule has 0 radical (unpaired) electrons. The summed E-state index contributed by atoms with van der Waals surface area (Å²) in [7, 11) is 0. The van der Waals surface area contributed by atoms with Crippen molar-refractivity contribution >= 4 is 5.91 Å². The molecule has 0 spiro atoms. The van der Waals surface area contributed by atoms with E-state index >= 15 is 0 Å². The maximum absolute atomic E-state index is 12.4. The summed E-state index contributed by atoms with van der Waals surface area (Å²) >= 11 is 0. The topological polar surface area (TPSA) is 75.4 Å². The number of rotatable bonds is 3. The molecule has 3 heterocycles. The number of carbonyl (C=O) groups is 1. The van der Waals surface area contributed by atoms with E-state index in [-0.39, 0.29) is 11.9 Å². The monoisotopic (exact) mass is 301 g/mol. The zero-order valence-corrected chi connectivity index (χ0v) is 12.8. The molecule has 7 heteroatoms. The Kier molecular flexibility index (Phi) is 4.15. The third-order valence-corrected chi connectivity index (χ3v) is 3.93. The number of hydrogen-bond acceptors (Lipinski definition) is 6. The van der Waals surface area contributed by atoms with Gasteiger partial charge in [0.15, 0.2) is 5.82 Å². The summed E-state index contributed by atoms with van der Waals surface area (Å²) in [6.45, 7) is 6.76. The Morgan fingerprint density at radius 1 is 1.27 bits per heavy atom. The Hall–Kier alpha value is -2.28. The first-order valence-corrected chi connectivity index (χ1v) is 7.39. The van der Waals surface area contributed by atoms with Crippen LogP contribution in [0, 0.1) is 6.92 Å². The predicted molar refractivity (Wildman–Crippen MR) is 79.2 cm³/mol. The number of aryl methyl sites for hydroxylation is 1. The summed E-state index contributed by atoms with van der Waals surface area (Å²) in [5, 5.41) is 3.83. The summed E-state index contributed by atoms with van der Waals surface area (Å²) in [6.07, 6.45) is 1.64. The molecule has 1 amide bonds. The minimum absolute atomic E-state index is 0.0125. The minimum Gasteiger partial charge on any atom is -0.338 e. The fourth-order valence-electron chi connectivity index (χ4n) is 2.60. The molecule has 0 bridgehead atoms. The lowest BCUT2D eigenvalue weighted by molar-refractivity contribution is 0.0546. The average molecular weight is 301 g/mol. The second-order valence-electron chi connectivity index (χ2n) is 5.40. The fraction of sp³-hybridized carbons (Fsp3) is 0.467. The number of hydrogen-bond donors (Lipinski definition) is 0. The van der Waals surface area contributed by atoms with E-state index < -0.39 is 0 Å². The van der Waals surface area contributed by atoms with Crippen molar-refractivity contribution < 1.29 is 9.32 Å². The SMILES string of the molecule is Cc1noc([C@H](C)N2CCN(C(=O)c3ccccn3)CC2)n1. The molecule has 2 aromatic heterocycles. The zero-order valence-electron chi connectivity index (χ0n) is 12.8. The van der Waals surface area contributed by atoms with Gasteiger partial charge in [-0.15, -0.1) is 0 Å². The molecule has 7 nitrogen and oxygen atoms in total. The van der Waals surface area contributed by atoms with Crippen molar-refractivity contribution in [3.05, 3.63) is 41.8 Å². The van der Waals surface area contributed by atoms with Gasteiger partial charge in [0.1, 0.15) is 5.69 Å². The number of amides is 1. The quantitative estimate of drug-likeness (QED) is 0.850. The number of pyridine rings is 1. The first-order valence-electron chi connectivity index (χ1n) is 7.39. The maximum Gasteiger partial charge on any atom is 0.272 e.